The average molecular weight is 162 g/mol. The molecule has 0 atom stereocenters. The van der Waals surface area contributed by atoms with Crippen LogP contribution in [-0.4, -0.2) is 23.5 Å². The number of hydrogen-bond donors (Lipinski definition) is 2. The molecule has 5 N–H and O–H groups in total. The van der Waals surface area contributed by atoms with Crippen molar-refractivity contribution in [1.82, 2.24) is 5.32 Å². The maximum absolute atomic E-state index is 11.0. The molecule has 0 aliphatic heterocycles. The Hall–Kier alpha value is -0.610. The molecule has 0 saturated heterocycles. The van der Waals surface area contributed by atoms with Gasteiger partial charge < -0.3 is 16.5 Å². The summed E-state index contributed by atoms with van der Waals surface area (Å²) in [4.78, 5) is 11.0. The molecule has 0 aromatic rings. The lowest BCUT2D eigenvalue weighted by molar-refractivity contribution is -0.125. The minimum absolute atomic E-state index is 0. The minimum Gasteiger partial charge on any atom is -0.412 e. The zero-order chi connectivity index (χ0) is 8.20. The van der Waals surface area contributed by atoms with Crippen molar-refractivity contribution >= 4 is 5.91 Å². The summed E-state index contributed by atoms with van der Waals surface area (Å²) >= 11 is 0. The van der Waals surface area contributed by atoms with Gasteiger partial charge in [0.25, 0.3) is 0 Å². The Morgan fingerprint density at radius 3 is 2.27 bits per heavy atom. The first-order chi connectivity index (χ1) is 4.48. The third-order valence-corrected chi connectivity index (χ3v) is 1.12. The average Bonchev–Trinajstić information content (AvgIpc) is 1.80. The van der Waals surface area contributed by atoms with E-state index in [0.29, 0.717) is 6.54 Å². The van der Waals surface area contributed by atoms with Crippen molar-refractivity contribution in [2.45, 2.75) is 32.7 Å². The molecule has 4 nitrogen and oxygen atoms in total. The van der Waals surface area contributed by atoms with Crippen molar-refractivity contribution in [3.05, 3.63) is 0 Å². The molecular formula is C7H18N2O2. The number of rotatable bonds is 3. The van der Waals surface area contributed by atoms with Crippen LogP contribution < -0.4 is 11.1 Å². The van der Waals surface area contributed by atoms with Gasteiger partial charge in [0.05, 0.1) is 5.54 Å². The standard InChI is InChI=1S/C7H16N2O.H2O/c1-4-5-9-6(10)7(2,3)8;/h4-5,8H2,1-3H3,(H,9,10);1H2. The number of nitrogens with two attached hydrogens (primary N) is 1. The smallest absolute Gasteiger partial charge is 0.239 e. The van der Waals surface area contributed by atoms with Crippen LogP contribution in [0.3, 0.4) is 0 Å². The normalized spacial score (nSPS) is 10.2. The van der Waals surface area contributed by atoms with Crippen molar-refractivity contribution in [3.8, 4) is 0 Å². The van der Waals surface area contributed by atoms with Crippen LogP contribution in [0.2, 0.25) is 0 Å². The van der Waals surface area contributed by atoms with E-state index in [9.17, 15) is 4.79 Å². The Morgan fingerprint density at radius 1 is 1.55 bits per heavy atom. The van der Waals surface area contributed by atoms with Gasteiger partial charge in [0.2, 0.25) is 5.91 Å². The van der Waals surface area contributed by atoms with Crippen LogP contribution >= 0.6 is 0 Å². The Morgan fingerprint density at radius 2 is 2.00 bits per heavy atom. The van der Waals surface area contributed by atoms with E-state index in [-0.39, 0.29) is 11.4 Å². The van der Waals surface area contributed by atoms with Gasteiger partial charge in [-0.25, -0.2) is 0 Å². The van der Waals surface area contributed by atoms with Gasteiger partial charge in [-0.05, 0) is 20.3 Å². The highest BCUT2D eigenvalue weighted by Crippen LogP contribution is 1.94. The number of carbonyl (C=O) groups excluding carboxylic acids is 1. The van der Waals surface area contributed by atoms with Crippen molar-refractivity contribution in [2.75, 3.05) is 6.54 Å². The first-order valence-corrected chi connectivity index (χ1v) is 3.55. The lowest BCUT2D eigenvalue weighted by atomic mass is 10.1. The largest absolute Gasteiger partial charge is 0.412 e. The van der Waals surface area contributed by atoms with E-state index in [1.54, 1.807) is 13.8 Å². The molecule has 68 valence electrons. The van der Waals surface area contributed by atoms with Crippen LogP contribution in [0.1, 0.15) is 27.2 Å². The highest BCUT2D eigenvalue weighted by atomic mass is 16.2. The molecule has 0 aromatic carbocycles. The zero-order valence-electron chi connectivity index (χ0n) is 7.40. The highest BCUT2D eigenvalue weighted by molar-refractivity contribution is 5.84. The van der Waals surface area contributed by atoms with Gasteiger partial charge in [0, 0.05) is 6.54 Å². The lowest BCUT2D eigenvalue weighted by Gasteiger charge is -2.16. The molecule has 0 radical (unpaired) electrons. The maximum Gasteiger partial charge on any atom is 0.239 e. The van der Waals surface area contributed by atoms with E-state index in [0.717, 1.165) is 6.42 Å². The lowest BCUT2D eigenvalue weighted by Crippen LogP contribution is -2.49. The van der Waals surface area contributed by atoms with Crippen LogP contribution in [0, 0.1) is 0 Å². The third kappa shape index (κ3) is 5.82. The van der Waals surface area contributed by atoms with Crippen molar-refractivity contribution in [1.29, 1.82) is 0 Å². The van der Waals surface area contributed by atoms with E-state index in [4.69, 9.17) is 5.73 Å². The Bertz CT molecular complexity index is 118. The molecule has 0 saturated carbocycles. The summed E-state index contributed by atoms with van der Waals surface area (Å²) in [6.45, 7) is 6.10. The molecule has 0 fully saturated rings. The molecular weight excluding hydrogens is 144 g/mol. The third-order valence-electron chi connectivity index (χ3n) is 1.12. The summed E-state index contributed by atoms with van der Waals surface area (Å²) in [6.07, 6.45) is 0.946. The molecule has 0 heterocycles. The number of hydrogen-bond acceptors (Lipinski definition) is 2. The fourth-order valence-corrected chi connectivity index (χ4v) is 0.466. The highest BCUT2D eigenvalue weighted by Gasteiger charge is 2.20. The second kappa shape index (κ2) is 5.09. The van der Waals surface area contributed by atoms with E-state index >= 15 is 0 Å². The minimum atomic E-state index is -0.741. The van der Waals surface area contributed by atoms with Crippen LogP contribution in [0.15, 0.2) is 0 Å². The fourth-order valence-electron chi connectivity index (χ4n) is 0.466. The zero-order valence-corrected chi connectivity index (χ0v) is 7.40. The van der Waals surface area contributed by atoms with E-state index in [1.165, 1.54) is 0 Å². The van der Waals surface area contributed by atoms with E-state index in [2.05, 4.69) is 5.32 Å². The number of nitrogens with one attached hydrogen (secondary N) is 1. The number of carbonyl (C=O) groups is 1. The molecule has 0 bridgehead atoms. The van der Waals surface area contributed by atoms with Crippen LogP contribution in [0.4, 0.5) is 0 Å². The van der Waals surface area contributed by atoms with Crippen molar-refractivity contribution in [3.63, 3.8) is 0 Å². The van der Waals surface area contributed by atoms with Crippen LogP contribution in [0.5, 0.6) is 0 Å². The van der Waals surface area contributed by atoms with Gasteiger partial charge in [-0.15, -0.1) is 0 Å². The van der Waals surface area contributed by atoms with E-state index < -0.39 is 5.54 Å². The van der Waals surface area contributed by atoms with Gasteiger partial charge in [0.1, 0.15) is 0 Å². The van der Waals surface area contributed by atoms with Gasteiger partial charge in [-0.2, -0.15) is 0 Å². The summed E-state index contributed by atoms with van der Waals surface area (Å²) in [5, 5.41) is 2.71. The molecule has 0 unspecified atom stereocenters. The Balaban J connectivity index is 0. The maximum atomic E-state index is 11.0. The van der Waals surface area contributed by atoms with Crippen molar-refractivity contribution in [2.24, 2.45) is 5.73 Å². The van der Waals surface area contributed by atoms with Crippen molar-refractivity contribution < 1.29 is 10.3 Å². The summed E-state index contributed by atoms with van der Waals surface area (Å²) in [7, 11) is 0. The second-order valence-electron chi connectivity index (χ2n) is 2.98. The quantitative estimate of drug-likeness (QED) is 0.582. The molecule has 0 aromatic heterocycles. The first-order valence-electron chi connectivity index (χ1n) is 3.55. The van der Waals surface area contributed by atoms with E-state index in [1.807, 2.05) is 6.92 Å². The fraction of sp³-hybridized carbons (Fsp3) is 0.857. The van der Waals surface area contributed by atoms with Gasteiger partial charge in [-0.1, -0.05) is 6.92 Å². The Labute approximate surface area is 67.5 Å². The summed E-state index contributed by atoms with van der Waals surface area (Å²) in [6, 6.07) is 0. The monoisotopic (exact) mass is 162 g/mol. The predicted octanol–water partition coefficient (Wildman–Crippen LogP) is -0.575. The second-order valence-corrected chi connectivity index (χ2v) is 2.98. The van der Waals surface area contributed by atoms with Crippen LogP contribution in [0.25, 0.3) is 0 Å². The summed E-state index contributed by atoms with van der Waals surface area (Å²) in [5.41, 5.74) is 4.77. The van der Waals surface area contributed by atoms with Gasteiger partial charge >= 0.3 is 0 Å². The van der Waals surface area contributed by atoms with Crippen LogP contribution in [-0.2, 0) is 4.79 Å². The van der Waals surface area contributed by atoms with Gasteiger partial charge in [0.15, 0.2) is 0 Å². The SMILES string of the molecule is CCCNC(=O)C(C)(C)N.O. The molecule has 4 heteroatoms. The molecule has 0 aliphatic carbocycles. The molecule has 0 rings (SSSR count). The Kier molecular flexibility index (Phi) is 6.03. The topological polar surface area (TPSA) is 86.6 Å². The summed E-state index contributed by atoms with van der Waals surface area (Å²) in [5.74, 6) is -0.0886. The molecule has 1 amide bonds. The van der Waals surface area contributed by atoms with Gasteiger partial charge in [-0.3, -0.25) is 4.79 Å². The summed E-state index contributed by atoms with van der Waals surface area (Å²) < 4.78 is 0. The molecule has 0 aliphatic rings. The number of amides is 1. The molecule has 0 spiro atoms. The first kappa shape index (κ1) is 13.0. The molecule has 11 heavy (non-hydrogen) atoms. The predicted molar refractivity (Wildman–Crippen MR) is 45.2 cm³/mol.